The maximum absolute atomic E-state index is 12.2. The molecule has 0 radical (unpaired) electrons. The van der Waals surface area contributed by atoms with Crippen LogP contribution in [0.15, 0.2) is 54.6 Å². The van der Waals surface area contributed by atoms with Gasteiger partial charge in [-0.3, -0.25) is 4.90 Å². The highest BCUT2D eigenvalue weighted by molar-refractivity contribution is 5.89. The third-order valence-corrected chi connectivity index (χ3v) is 5.54. The van der Waals surface area contributed by atoms with E-state index >= 15 is 0 Å². The van der Waals surface area contributed by atoms with E-state index in [0.717, 1.165) is 56.9 Å². The minimum absolute atomic E-state index is 0.171. The molecule has 0 saturated carbocycles. The molecule has 7 nitrogen and oxygen atoms in total. The van der Waals surface area contributed by atoms with Crippen molar-refractivity contribution < 1.29 is 14.3 Å². The summed E-state index contributed by atoms with van der Waals surface area (Å²) in [5.41, 5.74) is 3.16. The number of piperazine rings is 1. The van der Waals surface area contributed by atoms with E-state index in [1.807, 2.05) is 24.3 Å². The van der Waals surface area contributed by atoms with Gasteiger partial charge in [-0.15, -0.1) is 0 Å². The Bertz CT molecular complexity index is 795. The molecular formula is C25H36N4O3. The van der Waals surface area contributed by atoms with Crippen molar-refractivity contribution in [3.8, 4) is 0 Å². The lowest BCUT2D eigenvalue weighted by atomic mass is 10.2. The van der Waals surface area contributed by atoms with Gasteiger partial charge in [0.1, 0.15) is 0 Å². The molecule has 1 aliphatic rings. The Hall–Kier alpha value is -2.45. The molecule has 0 bridgehead atoms. The highest BCUT2D eigenvalue weighted by atomic mass is 16.5. The Morgan fingerprint density at radius 3 is 2.47 bits per heavy atom. The van der Waals surface area contributed by atoms with Crippen molar-refractivity contribution in [2.75, 3.05) is 64.9 Å². The van der Waals surface area contributed by atoms with E-state index in [0.29, 0.717) is 26.4 Å². The lowest BCUT2D eigenvalue weighted by Gasteiger charge is -2.34. The van der Waals surface area contributed by atoms with Crippen molar-refractivity contribution in [2.45, 2.75) is 19.6 Å². The van der Waals surface area contributed by atoms with Crippen LogP contribution in [-0.4, -0.2) is 75.4 Å². The molecule has 174 valence electrons. The fraction of sp³-hybridized carbons (Fsp3) is 0.480. The van der Waals surface area contributed by atoms with E-state index < -0.39 is 0 Å². The molecule has 2 N–H and O–H groups in total. The van der Waals surface area contributed by atoms with E-state index in [4.69, 9.17) is 9.47 Å². The summed E-state index contributed by atoms with van der Waals surface area (Å²) in [4.78, 5) is 17.2. The lowest BCUT2D eigenvalue weighted by Crippen LogP contribution is -2.46. The van der Waals surface area contributed by atoms with Gasteiger partial charge in [0, 0.05) is 52.1 Å². The Labute approximate surface area is 191 Å². The number of rotatable bonds is 12. The Balaban J connectivity index is 1.26. The lowest BCUT2D eigenvalue weighted by molar-refractivity contribution is 0.0617. The van der Waals surface area contributed by atoms with Crippen LogP contribution < -0.4 is 10.6 Å². The molecule has 2 aromatic carbocycles. The van der Waals surface area contributed by atoms with E-state index in [-0.39, 0.29) is 6.03 Å². The number of benzene rings is 2. The van der Waals surface area contributed by atoms with Gasteiger partial charge in [0.15, 0.2) is 0 Å². The van der Waals surface area contributed by atoms with Crippen LogP contribution in [0.3, 0.4) is 0 Å². The van der Waals surface area contributed by atoms with Crippen molar-refractivity contribution in [3.05, 3.63) is 65.7 Å². The minimum Gasteiger partial charge on any atom is -0.382 e. The number of amides is 2. The monoisotopic (exact) mass is 440 g/mol. The van der Waals surface area contributed by atoms with Crippen molar-refractivity contribution >= 4 is 11.7 Å². The molecule has 0 aliphatic carbocycles. The van der Waals surface area contributed by atoms with Gasteiger partial charge in [0.25, 0.3) is 0 Å². The van der Waals surface area contributed by atoms with Crippen LogP contribution in [0, 0.1) is 0 Å². The van der Waals surface area contributed by atoms with Crippen LogP contribution in [0.1, 0.15) is 17.5 Å². The van der Waals surface area contributed by atoms with Gasteiger partial charge >= 0.3 is 6.03 Å². The maximum Gasteiger partial charge on any atom is 0.319 e. The first-order chi connectivity index (χ1) is 15.7. The number of nitrogens with one attached hydrogen (secondary N) is 2. The Kier molecular flexibility index (Phi) is 10.5. The Morgan fingerprint density at radius 1 is 0.938 bits per heavy atom. The molecule has 3 rings (SSSR count). The third-order valence-electron chi connectivity index (χ3n) is 5.54. The summed E-state index contributed by atoms with van der Waals surface area (Å²) >= 11 is 0. The second-order valence-corrected chi connectivity index (χ2v) is 8.08. The predicted molar refractivity (Wildman–Crippen MR) is 128 cm³/mol. The minimum atomic E-state index is -0.171. The highest BCUT2D eigenvalue weighted by Gasteiger charge is 2.16. The molecule has 1 saturated heterocycles. The quantitative estimate of drug-likeness (QED) is 0.496. The molecule has 0 spiro atoms. The Morgan fingerprint density at radius 2 is 1.69 bits per heavy atom. The zero-order valence-corrected chi connectivity index (χ0v) is 19.1. The summed E-state index contributed by atoms with van der Waals surface area (Å²) in [6.07, 6.45) is 0.944. The largest absolute Gasteiger partial charge is 0.382 e. The fourth-order valence-electron chi connectivity index (χ4n) is 3.76. The standard InChI is InChI=1S/C25H36N4O3/c1-31-17-18-32-21-23-9-5-10-24(19-23)27-25(30)26-11-6-12-28-13-15-29(16-14-28)20-22-7-3-2-4-8-22/h2-5,7-10,19H,6,11-18,20-21H2,1H3,(H2,26,27,30). The molecule has 0 unspecified atom stereocenters. The molecule has 1 fully saturated rings. The van der Waals surface area contributed by atoms with Crippen molar-refractivity contribution in [3.63, 3.8) is 0 Å². The first-order valence-corrected chi connectivity index (χ1v) is 11.4. The SMILES string of the molecule is COCCOCc1cccc(NC(=O)NCCCN2CCN(Cc3ccccc3)CC2)c1. The van der Waals surface area contributed by atoms with Crippen LogP contribution in [0.5, 0.6) is 0 Å². The molecular weight excluding hydrogens is 404 g/mol. The topological polar surface area (TPSA) is 66.1 Å². The van der Waals surface area contributed by atoms with Crippen molar-refractivity contribution in [2.24, 2.45) is 0 Å². The number of methoxy groups -OCH3 is 1. The van der Waals surface area contributed by atoms with Crippen LogP contribution >= 0.6 is 0 Å². The van der Waals surface area contributed by atoms with Crippen molar-refractivity contribution in [1.82, 2.24) is 15.1 Å². The second-order valence-electron chi connectivity index (χ2n) is 8.08. The van der Waals surface area contributed by atoms with Crippen LogP contribution in [-0.2, 0) is 22.6 Å². The average molecular weight is 441 g/mol. The number of carbonyl (C=O) groups excluding carboxylic acids is 1. The smallest absolute Gasteiger partial charge is 0.319 e. The number of carbonyl (C=O) groups is 1. The number of nitrogens with zero attached hydrogens (tertiary/aromatic N) is 2. The molecule has 7 heteroatoms. The number of ether oxygens (including phenoxy) is 2. The zero-order valence-electron chi connectivity index (χ0n) is 19.1. The number of anilines is 1. The number of hydrogen-bond acceptors (Lipinski definition) is 5. The summed E-state index contributed by atoms with van der Waals surface area (Å²) in [5, 5.41) is 5.86. The molecule has 2 aromatic rings. The van der Waals surface area contributed by atoms with Gasteiger partial charge < -0.3 is 25.0 Å². The molecule has 0 atom stereocenters. The third kappa shape index (κ3) is 8.96. The summed E-state index contributed by atoms with van der Waals surface area (Å²) in [6.45, 7) is 8.67. The summed E-state index contributed by atoms with van der Waals surface area (Å²) < 4.78 is 10.5. The first-order valence-electron chi connectivity index (χ1n) is 11.4. The summed E-state index contributed by atoms with van der Waals surface area (Å²) in [5.74, 6) is 0. The van der Waals surface area contributed by atoms with Crippen LogP contribution in [0.2, 0.25) is 0 Å². The average Bonchev–Trinajstić information content (AvgIpc) is 2.82. The van der Waals surface area contributed by atoms with Gasteiger partial charge in [-0.2, -0.15) is 0 Å². The summed E-state index contributed by atoms with van der Waals surface area (Å²) in [7, 11) is 1.65. The van der Waals surface area contributed by atoms with Crippen molar-refractivity contribution in [1.29, 1.82) is 0 Å². The molecule has 32 heavy (non-hydrogen) atoms. The molecule has 1 aliphatic heterocycles. The highest BCUT2D eigenvalue weighted by Crippen LogP contribution is 2.12. The van der Waals surface area contributed by atoms with Crippen LogP contribution in [0.25, 0.3) is 0 Å². The fourth-order valence-corrected chi connectivity index (χ4v) is 3.76. The second kappa shape index (κ2) is 13.9. The van der Waals surface area contributed by atoms with Gasteiger partial charge in [-0.25, -0.2) is 4.79 Å². The van der Waals surface area contributed by atoms with E-state index in [9.17, 15) is 4.79 Å². The molecule has 1 heterocycles. The van der Waals surface area contributed by atoms with Gasteiger partial charge in [0.2, 0.25) is 0 Å². The van der Waals surface area contributed by atoms with Gasteiger partial charge in [-0.05, 0) is 36.2 Å². The number of urea groups is 1. The predicted octanol–water partition coefficient (Wildman–Crippen LogP) is 3.18. The van der Waals surface area contributed by atoms with Gasteiger partial charge in [0.05, 0.1) is 19.8 Å². The van der Waals surface area contributed by atoms with Gasteiger partial charge in [-0.1, -0.05) is 42.5 Å². The molecule has 0 aromatic heterocycles. The summed E-state index contributed by atoms with van der Waals surface area (Å²) in [6, 6.07) is 18.2. The zero-order chi connectivity index (χ0) is 22.4. The first kappa shape index (κ1) is 24.2. The number of hydrogen-bond donors (Lipinski definition) is 2. The van der Waals surface area contributed by atoms with E-state index in [1.165, 1.54) is 5.56 Å². The molecule has 2 amide bonds. The van der Waals surface area contributed by atoms with E-state index in [2.05, 4.69) is 50.8 Å². The van der Waals surface area contributed by atoms with E-state index in [1.54, 1.807) is 7.11 Å². The van der Waals surface area contributed by atoms with Crippen LogP contribution in [0.4, 0.5) is 10.5 Å². The normalized spacial score (nSPS) is 14.9. The maximum atomic E-state index is 12.2.